The monoisotopic (exact) mass is 262 g/mol. The summed E-state index contributed by atoms with van der Waals surface area (Å²) < 4.78 is 0. The molecule has 0 aromatic heterocycles. The van der Waals surface area contributed by atoms with Crippen molar-refractivity contribution in [2.45, 2.75) is 53.1 Å². The van der Waals surface area contributed by atoms with Crippen molar-refractivity contribution in [3.05, 3.63) is 29.8 Å². The molecule has 0 spiro atoms. The van der Waals surface area contributed by atoms with Gasteiger partial charge in [0.05, 0.1) is 0 Å². The molecule has 0 saturated heterocycles. The second-order valence-corrected chi connectivity index (χ2v) is 5.79. The number of benzene rings is 1. The molecular weight excluding hydrogens is 236 g/mol. The van der Waals surface area contributed by atoms with Crippen LogP contribution in [0.3, 0.4) is 0 Å². The second kappa shape index (κ2) is 7.17. The highest BCUT2D eigenvalue weighted by atomic mass is 16.2. The van der Waals surface area contributed by atoms with Gasteiger partial charge < -0.3 is 10.6 Å². The van der Waals surface area contributed by atoms with Crippen LogP contribution in [0.1, 0.15) is 46.1 Å². The third-order valence-electron chi connectivity index (χ3n) is 3.18. The number of nitrogens with two attached hydrogens (primary N) is 1. The maximum atomic E-state index is 12.3. The predicted molar refractivity (Wildman–Crippen MR) is 80.6 cm³/mol. The van der Waals surface area contributed by atoms with Crippen molar-refractivity contribution in [1.82, 2.24) is 4.90 Å². The molecule has 0 fully saturated rings. The lowest BCUT2D eigenvalue weighted by Gasteiger charge is -2.27. The Hall–Kier alpha value is -1.51. The van der Waals surface area contributed by atoms with Gasteiger partial charge in [0.25, 0.3) is 0 Å². The van der Waals surface area contributed by atoms with Crippen LogP contribution >= 0.6 is 0 Å². The smallest absolute Gasteiger partial charge is 0.223 e. The fourth-order valence-electron chi connectivity index (χ4n) is 2.00. The summed E-state index contributed by atoms with van der Waals surface area (Å²) in [4.78, 5) is 14.2. The number of rotatable bonds is 6. The van der Waals surface area contributed by atoms with Crippen LogP contribution in [0.15, 0.2) is 24.3 Å². The first-order chi connectivity index (χ1) is 8.90. The van der Waals surface area contributed by atoms with E-state index in [0.29, 0.717) is 18.9 Å². The van der Waals surface area contributed by atoms with Gasteiger partial charge in [-0.3, -0.25) is 4.79 Å². The number of nitrogens with zero attached hydrogens (tertiary/aromatic N) is 1. The van der Waals surface area contributed by atoms with Gasteiger partial charge in [0.2, 0.25) is 5.91 Å². The Bertz CT molecular complexity index is 413. The number of anilines is 1. The SMILES string of the molecule is CC(C)CCC(=O)N(Cc1cccc(N)c1)C(C)C. The van der Waals surface area contributed by atoms with Crippen LogP contribution in [0, 0.1) is 5.92 Å². The molecule has 106 valence electrons. The van der Waals surface area contributed by atoms with Crippen molar-refractivity contribution in [2.75, 3.05) is 5.73 Å². The van der Waals surface area contributed by atoms with E-state index in [0.717, 1.165) is 17.7 Å². The number of hydrogen-bond donors (Lipinski definition) is 1. The lowest BCUT2D eigenvalue weighted by molar-refractivity contribution is -0.133. The van der Waals surface area contributed by atoms with E-state index in [-0.39, 0.29) is 11.9 Å². The summed E-state index contributed by atoms with van der Waals surface area (Å²) in [5, 5.41) is 0. The Morgan fingerprint density at radius 1 is 1.26 bits per heavy atom. The standard InChI is InChI=1S/C16H26N2O/c1-12(2)8-9-16(19)18(13(3)4)11-14-6-5-7-15(17)10-14/h5-7,10,12-13H,8-9,11,17H2,1-4H3. The summed E-state index contributed by atoms with van der Waals surface area (Å²) in [6, 6.07) is 7.96. The fourth-order valence-corrected chi connectivity index (χ4v) is 2.00. The zero-order valence-corrected chi connectivity index (χ0v) is 12.5. The van der Waals surface area contributed by atoms with E-state index in [4.69, 9.17) is 5.73 Å². The van der Waals surface area contributed by atoms with Crippen LogP contribution in [-0.4, -0.2) is 16.8 Å². The molecule has 0 unspecified atom stereocenters. The topological polar surface area (TPSA) is 46.3 Å². The Kier molecular flexibility index (Phi) is 5.87. The van der Waals surface area contributed by atoms with Gasteiger partial charge in [-0.15, -0.1) is 0 Å². The van der Waals surface area contributed by atoms with Crippen LogP contribution in [-0.2, 0) is 11.3 Å². The molecule has 1 aromatic carbocycles. The van der Waals surface area contributed by atoms with E-state index < -0.39 is 0 Å². The highest BCUT2D eigenvalue weighted by molar-refractivity contribution is 5.76. The molecule has 0 bridgehead atoms. The van der Waals surface area contributed by atoms with Gasteiger partial charge in [-0.25, -0.2) is 0 Å². The minimum Gasteiger partial charge on any atom is -0.399 e. The lowest BCUT2D eigenvalue weighted by Crippen LogP contribution is -2.36. The van der Waals surface area contributed by atoms with Gasteiger partial charge in [0.1, 0.15) is 0 Å². The van der Waals surface area contributed by atoms with Crippen LogP contribution in [0.25, 0.3) is 0 Å². The van der Waals surface area contributed by atoms with E-state index in [2.05, 4.69) is 27.7 Å². The molecule has 3 heteroatoms. The van der Waals surface area contributed by atoms with Crippen molar-refractivity contribution in [3.8, 4) is 0 Å². The van der Waals surface area contributed by atoms with Gasteiger partial charge in [0, 0.05) is 24.7 Å². The number of amides is 1. The minimum atomic E-state index is 0.209. The van der Waals surface area contributed by atoms with Crippen LogP contribution in [0.4, 0.5) is 5.69 Å². The maximum Gasteiger partial charge on any atom is 0.223 e. The normalized spacial score (nSPS) is 11.1. The molecule has 0 radical (unpaired) electrons. The van der Waals surface area contributed by atoms with Crippen molar-refractivity contribution < 1.29 is 4.79 Å². The van der Waals surface area contributed by atoms with Gasteiger partial charge in [-0.2, -0.15) is 0 Å². The van der Waals surface area contributed by atoms with Gasteiger partial charge in [0.15, 0.2) is 0 Å². The number of carbonyl (C=O) groups is 1. The molecular formula is C16H26N2O. The first-order valence-electron chi connectivity index (χ1n) is 7.04. The molecule has 1 rings (SSSR count). The van der Waals surface area contributed by atoms with E-state index >= 15 is 0 Å². The summed E-state index contributed by atoms with van der Waals surface area (Å²) in [6.45, 7) is 9.04. The highest BCUT2D eigenvalue weighted by Gasteiger charge is 2.17. The van der Waals surface area contributed by atoms with E-state index in [1.807, 2.05) is 29.2 Å². The fraction of sp³-hybridized carbons (Fsp3) is 0.562. The van der Waals surface area contributed by atoms with Gasteiger partial charge in [-0.05, 0) is 43.9 Å². The molecule has 0 aliphatic carbocycles. The molecule has 19 heavy (non-hydrogen) atoms. The predicted octanol–water partition coefficient (Wildman–Crippen LogP) is 3.44. The number of nitrogen functional groups attached to an aromatic ring is 1. The summed E-state index contributed by atoms with van der Waals surface area (Å²) in [6.07, 6.45) is 1.57. The van der Waals surface area contributed by atoms with Crippen molar-refractivity contribution >= 4 is 11.6 Å². The Balaban J connectivity index is 2.70. The van der Waals surface area contributed by atoms with Crippen molar-refractivity contribution in [3.63, 3.8) is 0 Å². The second-order valence-electron chi connectivity index (χ2n) is 5.79. The Labute approximate surface area is 116 Å². The molecule has 0 aliphatic rings. The maximum absolute atomic E-state index is 12.3. The van der Waals surface area contributed by atoms with Crippen molar-refractivity contribution in [2.24, 2.45) is 5.92 Å². The van der Waals surface area contributed by atoms with Gasteiger partial charge >= 0.3 is 0 Å². The third-order valence-corrected chi connectivity index (χ3v) is 3.18. The third kappa shape index (κ3) is 5.33. The minimum absolute atomic E-state index is 0.209. The lowest BCUT2D eigenvalue weighted by atomic mass is 10.1. The number of hydrogen-bond acceptors (Lipinski definition) is 2. The largest absolute Gasteiger partial charge is 0.399 e. The Morgan fingerprint density at radius 2 is 1.95 bits per heavy atom. The van der Waals surface area contributed by atoms with E-state index in [9.17, 15) is 4.79 Å². The van der Waals surface area contributed by atoms with Gasteiger partial charge in [-0.1, -0.05) is 26.0 Å². The molecule has 0 atom stereocenters. The zero-order chi connectivity index (χ0) is 14.4. The van der Waals surface area contributed by atoms with E-state index in [1.165, 1.54) is 0 Å². The summed E-state index contributed by atoms with van der Waals surface area (Å²) >= 11 is 0. The quantitative estimate of drug-likeness (QED) is 0.798. The summed E-state index contributed by atoms with van der Waals surface area (Å²) in [5.41, 5.74) is 7.62. The first kappa shape index (κ1) is 15.5. The molecule has 1 amide bonds. The van der Waals surface area contributed by atoms with Crippen LogP contribution in [0.5, 0.6) is 0 Å². The average molecular weight is 262 g/mol. The summed E-state index contributed by atoms with van der Waals surface area (Å²) in [5.74, 6) is 0.788. The average Bonchev–Trinajstić information content (AvgIpc) is 2.32. The zero-order valence-electron chi connectivity index (χ0n) is 12.5. The molecule has 1 aromatic rings. The highest BCUT2D eigenvalue weighted by Crippen LogP contribution is 2.14. The summed E-state index contributed by atoms with van der Waals surface area (Å²) in [7, 11) is 0. The number of carbonyl (C=O) groups excluding carboxylic acids is 1. The molecule has 0 heterocycles. The van der Waals surface area contributed by atoms with E-state index in [1.54, 1.807) is 0 Å². The Morgan fingerprint density at radius 3 is 2.47 bits per heavy atom. The molecule has 2 N–H and O–H groups in total. The molecule has 0 aliphatic heterocycles. The van der Waals surface area contributed by atoms with Crippen molar-refractivity contribution in [1.29, 1.82) is 0 Å². The molecule has 0 saturated carbocycles. The van der Waals surface area contributed by atoms with Crippen LogP contribution < -0.4 is 5.73 Å². The first-order valence-corrected chi connectivity index (χ1v) is 7.04. The van der Waals surface area contributed by atoms with Crippen LogP contribution in [0.2, 0.25) is 0 Å². The molecule has 3 nitrogen and oxygen atoms in total.